The summed E-state index contributed by atoms with van der Waals surface area (Å²) in [6.07, 6.45) is 5.59. The van der Waals surface area contributed by atoms with Crippen molar-refractivity contribution in [2.75, 3.05) is 37.6 Å². The van der Waals surface area contributed by atoms with Crippen LogP contribution >= 0.6 is 0 Å². The standard InChI is InChI=1S/C32H39N3O/c1-4-34(5-2)32(36)28-18-20-30(21-19-28)35(29-16-10-7-11-17-29)31-22-24-33(25-26(31)3)23-12-15-27-13-8-6-9-14-27/h6-21,26,31H,4-5,22-25H2,1-3H3/b15-12+/t26-,31+/m0/s1. The zero-order chi connectivity index (χ0) is 25.3. The highest BCUT2D eigenvalue weighted by molar-refractivity contribution is 5.94. The molecule has 0 spiro atoms. The van der Waals surface area contributed by atoms with Gasteiger partial charge in [0, 0.05) is 55.7 Å². The van der Waals surface area contributed by atoms with Crippen LogP contribution < -0.4 is 4.90 Å². The van der Waals surface area contributed by atoms with E-state index in [1.807, 2.05) is 30.9 Å². The molecule has 1 aliphatic heterocycles. The summed E-state index contributed by atoms with van der Waals surface area (Å²) >= 11 is 0. The van der Waals surface area contributed by atoms with E-state index in [1.165, 1.54) is 11.3 Å². The smallest absolute Gasteiger partial charge is 0.253 e. The molecule has 1 fully saturated rings. The van der Waals surface area contributed by atoms with Gasteiger partial charge < -0.3 is 9.80 Å². The number of para-hydroxylation sites is 1. The Morgan fingerprint density at radius 3 is 2.11 bits per heavy atom. The maximum Gasteiger partial charge on any atom is 0.253 e. The average Bonchev–Trinajstić information content (AvgIpc) is 2.92. The lowest BCUT2D eigenvalue weighted by atomic mass is 9.91. The molecular weight excluding hydrogens is 442 g/mol. The van der Waals surface area contributed by atoms with E-state index >= 15 is 0 Å². The topological polar surface area (TPSA) is 26.8 Å². The van der Waals surface area contributed by atoms with Crippen LogP contribution in [0.1, 0.15) is 43.1 Å². The highest BCUT2D eigenvalue weighted by Gasteiger charge is 2.31. The molecule has 0 N–H and O–H groups in total. The molecule has 3 aromatic rings. The molecule has 4 nitrogen and oxygen atoms in total. The Kier molecular flexibility index (Phi) is 8.96. The molecule has 1 heterocycles. The molecule has 0 saturated carbocycles. The molecule has 0 bridgehead atoms. The van der Waals surface area contributed by atoms with Crippen LogP contribution in [0, 0.1) is 5.92 Å². The number of hydrogen-bond donors (Lipinski definition) is 0. The summed E-state index contributed by atoms with van der Waals surface area (Å²) in [5.74, 6) is 0.601. The molecule has 0 aromatic heterocycles. The second-order valence-electron chi connectivity index (χ2n) is 9.64. The third kappa shape index (κ3) is 6.24. The third-order valence-electron chi connectivity index (χ3n) is 7.23. The second kappa shape index (κ2) is 12.5. The van der Waals surface area contributed by atoms with Crippen LogP contribution in [0.4, 0.5) is 11.4 Å². The molecule has 188 valence electrons. The van der Waals surface area contributed by atoms with Gasteiger partial charge in [0.1, 0.15) is 0 Å². The Morgan fingerprint density at radius 2 is 1.50 bits per heavy atom. The summed E-state index contributed by atoms with van der Waals surface area (Å²) in [6.45, 7) is 11.0. The minimum atomic E-state index is 0.100. The first-order valence-corrected chi connectivity index (χ1v) is 13.3. The third-order valence-corrected chi connectivity index (χ3v) is 7.23. The number of amides is 1. The van der Waals surface area contributed by atoms with Crippen molar-refractivity contribution in [3.63, 3.8) is 0 Å². The SMILES string of the molecule is CCN(CC)C(=O)c1ccc(N(c2ccccc2)[C@@H]2CCN(C/C=C/c3ccccc3)C[C@@H]2C)cc1. The molecule has 1 amide bonds. The van der Waals surface area contributed by atoms with E-state index in [-0.39, 0.29) is 5.91 Å². The molecule has 0 radical (unpaired) electrons. The van der Waals surface area contributed by atoms with Crippen LogP contribution in [0.2, 0.25) is 0 Å². The second-order valence-corrected chi connectivity index (χ2v) is 9.64. The number of nitrogens with zero attached hydrogens (tertiary/aromatic N) is 3. The highest BCUT2D eigenvalue weighted by atomic mass is 16.2. The Bertz CT molecular complexity index is 1110. The largest absolute Gasteiger partial charge is 0.339 e. The monoisotopic (exact) mass is 481 g/mol. The lowest BCUT2D eigenvalue weighted by molar-refractivity contribution is 0.0773. The fourth-order valence-corrected chi connectivity index (χ4v) is 5.25. The first kappa shape index (κ1) is 25.7. The quantitative estimate of drug-likeness (QED) is 0.339. The van der Waals surface area contributed by atoms with E-state index < -0.39 is 0 Å². The summed E-state index contributed by atoms with van der Waals surface area (Å²) < 4.78 is 0. The van der Waals surface area contributed by atoms with Crippen LogP contribution in [0.5, 0.6) is 0 Å². The van der Waals surface area contributed by atoms with Gasteiger partial charge >= 0.3 is 0 Å². The normalized spacial score (nSPS) is 18.3. The van der Waals surface area contributed by atoms with Gasteiger partial charge in [-0.3, -0.25) is 9.69 Å². The van der Waals surface area contributed by atoms with Gasteiger partial charge in [-0.15, -0.1) is 0 Å². The number of rotatable bonds is 9. The van der Waals surface area contributed by atoms with E-state index in [1.54, 1.807) is 0 Å². The van der Waals surface area contributed by atoms with Crippen molar-refractivity contribution in [1.29, 1.82) is 0 Å². The van der Waals surface area contributed by atoms with E-state index in [4.69, 9.17) is 0 Å². The zero-order valence-corrected chi connectivity index (χ0v) is 21.9. The van der Waals surface area contributed by atoms with Gasteiger partial charge in [0.15, 0.2) is 0 Å². The van der Waals surface area contributed by atoms with Gasteiger partial charge in [-0.2, -0.15) is 0 Å². The first-order chi connectivity index (χ1) is 17.6. The maximum absolute atomic E-state index is 12.8. The van der Waals surface area contributed by atoms with E-state index in [0.29, 0.717) is 12.0 Å². The van der Waals surface area contributed by atoms with E-state index in [9.17, 15) is 4.79 Å². The molecule has 3 aromatic carbocycles. The Hall–Kier alpha value is -3.37. The van der Waals surface area contributed by atoms with Gasteiger partial charge in [0.2, 0.25) is 0 Å². The Balaban J connectivity index is 1.49. The molecule has 1 saturated heterocycles. The molecule has 2 atom stereocenters. The number of benzene rings is 3. The fraction of sp³-hybridized carbons (Fsp3) is 0.344. The minimum Gasteiger partial charge on any atom is -0.339 e. The molecule has 1 aliphatic rings. The maximum atomic E-state index is 12.8. The summed E-state index contributed by atoms with van der Waals surface area (Å²) in [7, 11) is 0. The number of carbonyl (C=O) groups is 1. The fourth-order valence-electron chi connectivity index (χ4n) is 5.25. The summed E-state index contributed by atoms with van der Waals surface area (Å²) in [6, 6.07) is 29.8. The van der Waals surface area contributed by atoms with Crippen molar-refractivity contribution in [2.24, 2.45) is 5.92 Å². The van der Waals surface area contributed by atoms with Gasteiger partial charge in [0.25, 0.3) is 5.91 Å². The van der Waals surface area contributed by atoms with Crippen LogP contribution in [-0.2, 0) is 0 Å². The zero-order valence-electron chi connectivity index (χ0n) is 21.9. The van der Waals surface area contributed by atoms with Gasteiger partial charge in [0.05, 0.1) is 0 Å². The molecule has 36 heavy (non-hydrogen) atoms. The Labute approximate surface area is 216 Å². The summed E-state index contributed by atoms with van der Waals surface area (Å²) in [4.78, 5) is 19.7. The number of anilines is 2. The van der Waals surface area contributed by atoms with Crippen LogP contribution in [-0.4, -0.2) is 54.5 Å². The number of likely N-dealkylation sites (tertiary alicyclic amines) is 1. The molecular formula is C32H39N3O. The van der Waals surface area contributed by atoms with Gasteiger partial charge in [-0.1, -0.05) is 67.6 Å². The lowest BCUT2D eigenvalue weighted by Gasteiger charge is -2.43. The number of piperidine rings is 1. The predicted octanol–water partition coefficient (Wildman–Crippen LogP) is 6.73. The van der Waals surface area contributed by atoms with Crippen molar-refractivity contribution in [3.8, 4) is 0 Å². The van der Waals surface area contributed by atoms with E-state index in [2.05, 4.69) is 102 Å². The van der Waals surface area contributed by atoms with Crippen molar-refractivity contribution in [3.05, 3.63) is 102 Å². The van der Waals surface area contributed by atoms with Crippen molar-refractivity contribution in [2.45, 2.75) is 33.2 Å². The van der Waals surface area contributed by atoms with Gasteiger partial charge in [-0.25, -0.2) is 0 Å². The first-order valence-electron chi connectivity index (χ1n) is 13.3. The molecule has 4 heteroatoms. The number of carbonyl (C=O) groups excluding carboxylic acids is 1. The minimum absolute atomic E-state index is 0.100. The van der Waals surface area contributed by atoms with Gasteiger partial charge in [-0.05, 0) is 68.1 Å². The van der Waals surface area contributed by atoms with Crippen LogP contribution in [0.3, 0.4) is 0 Å². The Morgan fingerprint density at radius 1 is 0.889 bits per heavy atom. The lowest BCUT2D eigenvalue weighted by Crippen LogP contribution is -2.48. The average molecular weight is 482 g/mol. The van der Waals surface area contributed by atoms with Crippen molar-refractivity contribution >= 4 is 23.4 Å². The summed E-state index contributed by atoms with van der Waals surface area (Å²) in [5.41, 5.74) is 4.35. The van der Waals surface area contributed by atoms with Crippen molar-refractivity contribution in [1.82, 2.24) is 9.80 Å². The van der Waals surface area contributed by atoms with Crippen LogP contribution in [0.15, 0.2) is 91.0 Å². The van der Waals surface area contributed by atoms with Crippen molar-refractivity contribution < 1.29 is 4.79 Å². The molecule has 0 unspecified atom stereocenters. The van der Waals surface area contributed by atoms with Crippen LogP contribution in [0.25, 0.3) is 6.08 Å². The molecule has 0 aliphatic carbocycles. The predicted molar refractivity (Wildman–Crippen MR) is 152 cm³/mol. The molecule has 4 rings (SSSR count). The highest BCUT2D eigenvalue weighted by Crippen LogP contribution is 2.34. The number of hydrogen-bond acceptors (Lipinski definition) is 3. The van der Waals surface area contributed by atoms with E-state index in [0.717, 1.165) is 50.4 Å². The summed E-state index contributed by atoms with van der Waals surface area (Å²) in [5, 5.41) is 0.